The average molecular weight is 313 g/mol. The molecule has 118 valence electrons. The predicted octanol–water partition coefficient (Wildman–Crippen LogP) is 1.47. The van der Waals surface area contributed by atoms with E-state index in [4.69, 9.17) is 0 Å². The zero-order valence-corrected chi connectivity index (χ0v) is 11.9. The van der Waals surface area contributed by atoms with E-state index in [2.05, 4.69) is 10.4 Å². The summed E-state index contributed by atoms with van der Waals surface area (Å²) >= 11 is 0. The number of aryl methyl sites for hydroxylation is 1. The summed E-state index contributed by atoms with van der Waals surface area (Å²) in [5, 5.41) is 16.4. The minimum absolute atomic E-state index is 0.254. The first kappa shape index (κ1) is 16.0. The van der Waals surface area contributed by atoms with Crippen molar-refractivity contribution in [3.8, 4) is 0 Å². The van der Waals surface area contributed by atoms with Crippen LogP contribution in [0.2, 0.25) is 0 Å². The molecule has 1 aromatic carbocycles. The summed E-state index contributed by atoms with van der Waals surface area (Å²) in [6.45, 7) is 1.18. The van der Waals surface area contributed by atoms with Crippen molar-refractivity contribution in [2.45, 2.75) is 12.5 Å². The highest BCUT2D eigenvalue weighted by Crippen LogP contribution is 2.19. The number of benzene rings is 1. The third kappa shape index (κ3) is 3.11. The van der Waals surface area contributed by atoms with Gasteiger partial charge < -0.3 is 10.4 Å². The molecule has 8 heteroatoms. The van der Waals surface area contributed by atoms with Crippen LogP contribution in [0.15, 0.2) is 24.5 Å². The number of hydrogen-bond acceptors (Lipinski definition) is 3. The Morgan fingerprint density at radius 3 is 2.64 bits per heavy atom. The molecule has 0 aliphatic heterocycles. The summed E-state index contributed by atoms with van der Waals surface area (Å²) in [5.74, 6) is -5.62. The molecule has 5 nitrogen and oxygen atoms in total. The molecule has 0 bridgehead atoms. The van der Waals surface area contributed by atoms with Gasteiger partial charge in [0.15, 0.2) is 17.5 Å². The Balaban J connectivity index is 2.12. The Morgan fingerprint density at radius 1 is 1.36 bits per heavy atom. The van der Waals surface area contributed by atoms with Gasteiger partial charge >= 0.3 is 0 Å². The summed E-state index contributed by atoms with van der Waals surface area (Å²) in [7, 11) is 1.66. The lowest BCUT2D eigenvalue weighted by Gasteiger charge is -2.22. The number of aromatic nitrogens is 2. The maximum Gasteiger partial charge on any atom is 0.254 e. The standard InChI is InChI=1S/C14H14F3N3O2/c1-14(22,8-5-19-20(2)6-8)7-18-13(21)9-3-4-10(15)12(17)11(9)16/h3-6,22H,7H2,1-2H3,(H,18,21). The quantitative estimate of drug-likeness (QED) is 0.840. The molecule has 2 aromatic rings. The van der Waals surface area contributed by atoms with E-state index in [-0.39, 0.29) is 6.54 Å². The normalized spacial score (nSPS) is 13.7. The second-order valence-electron chi connectivity index (χ2n) is 5.08. The summed E-state index contributed by atoms with van der Waals surface area (Å²) in [5.41, 5.74) is -1.64. The summed E-state index contributed by atoms with van der Waals surface area (Å²) in [4.78, 5) is 11.8. The Hall–Kier alpha value is -2.35. The van der Waals surface area contributed by atoms with Gasteiger partial charge in [-0.2, -0.15) is 5.10 Å². The van der Waals surface area contributed by atoms with Crippen molar-refractivity contribution in [3.63, 3.8) is 0 Å². The van der Waals surface area contributed by atoms with Crippen molar-refractivity contribution in [2.75, 3.05) is 6.54 Å². The Labute approximate surface area is 124 Å². The third-order valence-corrected chi connectivity index (χ3v) is 3.20. The van der Waals surface area contributed by atoms with Gasteiger partial charge in [0.1, 0.15) is 5.60 Å². The molecule has 1 aromatic heterocycles. The molecule has 1 heterocycles. The fourth-order valence-electron chi connectivity index (χ4n) is 1.85. The highest BCUT2D eigenvalue weighted by atomic mass is 19.2. The number of carbonyl (C=O) groups excluding carboxylic acids is 1. The van der Waals surface area contributed by atoms with Crippen LogP contribution in [0, 0.1) is 17.5 Å². The van der Waals surface area contributed by atoms with Crippen molar-refractivity contribution >= 4 is 5.91 Å². The van der Waals surface area contributed by atoms with Crippen molar-refractivity contribution in [1.29, 1.82) is 0 Å². The summed E-state index contributed by atoms with van der Waals surface area (Å²) < 4.78 is 40.9. The Kier molecular flexibility index (Phi) is 4.23. The van der Waals surface area contributed by atoms with Crippen molar-refractivity contribution in [3.05, 3.63) is 53.1 Å². The van der Waals surface area contributed by atoms with Gasteiger partial charge in [0.05, 0.1) is 18.3 Å². The lowest BCUT2D eigenvalue weighted by molar-refractivity contribution is 0.0524. The van der Waals surface area contributed by atoms with Crippen molar-refractivity contribution in [2.24, 2.45) is 7.05 Å². The molecular weight excluding hydrogens is 299 g/mol. The zero-order valence-electron chi connectivity index (χ0n) is 11.9. The van der Waals surface area contributed by atoms with Crippen LogP contribution in [0.4, 0.5) is 13.2 Å². The molecule has 1 unspecified atom stereocenters. The minimum Gasteiger partial charge on any atom is -0.383 e. The molecule has 2 rings (SSSR count). The lowest BCUT2D eigenvalue weighted by atomic mass is 9.99. The van der Waals surface area contributed by atoms with E-state index >= 15 is 0 Å². The van der Waals surface area contributed by atoms with Crippen molar-refractivity contribution in [1.82, 2.24) is 15.1 Å². The largest absolute Gasteiger partial charge is 0.383 e. The van der Waals surface area contributed by atoms with Gasteiger partial charge in [-0.15, -0.1) is 0 Å². The second kappa shape index (κ2) is 5.80. The first-order valence-corrected chi connectivity index (χ1v) is 6.35. The highest BCUT2D eigenvalue weighted by molar-refractivity contribution is 5.94. The van der Waals surface area contributed by atoms with Crippen LogP contribution in [0.3, 0.4) is 0 Å². The van der Waals surface area contributed by atoms with E-state index in [1.54, 1.807) is 13.2 Å². The van der Waals surface area contributed by atoms with E-state index in [1.807, 2.05) is 0 Å². The number of nitrogens with zero attached hydrogens (tertiary/aromatic N) is 2. The molecule has 22 heavy (non-hydrogen) atoms. The molecule has 0 radical (unpaired) electrons. The first-order chi connectivity index (χ1) is 10.2. The number of carbonyl (C=O) groups is 1. The van der Waals surface area contributed by atoms with Crippen LogP contribution in [0.5, 0.6) is 0 Å². The average Bonchev–Trinajstić information content (AvgIpc) is 2.90. The second-order valence-corrected chi connectivity index (χ2v) is 5.08. The van der Waals surface area contributed by atoms with Crippen LogP contribution in [-0.2, 0) is 12.6 Å². The molecule has 0 saturated carbocycles. The monoisotopic (exact) mass is 313 g/mol. The SMILES string of the molecule is Cn1cc(C(C)(O)CNC(=O)c2ccc(F)c(F)c2F)cn1. The molecule has 0 aliphatic rings. The van der Waals surface area contributed by atoms with Gasteiger partial charge in [0, 0.05) is 18.8 Å². The van der Waals surface area contributed by atoms with Crippen LogP contribution in [-0.4, -0.2) is 27.3 Å². The Morgan fingerprint density at radius 2 is 2.05 bits per heavy atom. The highest BCUT2D eigenvalue weighted by Gasteiger charge is 2.27. The fraction of sp³-hybridized carbons (Fsp3) is 0.286. The Bertz CT molecular complexity index is 713. The predicted molar refractivity (Wildman–Crippen MR) is 71.4 cm³/mol. The number of amides is 1. The van der Waals surface area contributed by atoms with Gasteiger partial charge in [-0.25, -0.2) is 13.2 Å². The first-order valence-electron chi connectivity index (χ1n) is 6.35. The summed E-state index contributed by atoms with van der Waals surface area (Å²) in [6, 6.07) is 1.49. The van der Waals surface area contributed by atoms with Crippen molar-refractivity contribution < 1.29 is 23.1 Å². The van der Waals surface area contributed by atoms with Crippen LogP contribution in [0.25, 0.3) is 0 Å². The zero-order chi connectivity index (χ0) is 16.5. The van der Waals surface area contributed by atoms with Gasteiger partial charge in [0.2, 0.25) is 0 Å². The number of hydrogen-bond donors (Lipinski definition) is 2. The lowest BCUT2D eigenvalue weighted by Crippen LogP contribution is -2.38. The molecule has 0 spiro atoms. The van der Waals surface area contributed by atoms with Crippen LogP contribution >= 0.6 is 0 Å². The smallest absolute Gasteiger partial charge is 0.254 e. The minimum atomic E-state index is -1.72. The molecule has 0 fully saturated rings. The van der Waals surface area contributed by atoms with E-state index in [9.17, 15) is 23.1 Å². The van der Waals surface area contributed by atoms with Crippen LogP contribution < -0.4 is 5.32 Å². The van der Waals surface area contributed by atoms with E-state index in [0.29, 0.717) is 11.6 Å². The van der Waals surface area contributed by atoms with Gasteiger partial charge in [0.25, 0.3) is 5.91 Å². The third-order valence-electron chi connectivity index (χ3n) is 3.20. The molecular formula is C14H14F3N3O2. The summed E-state index contributed by atoms with van der Waals surface area (Å²) in [6.07, 6.45) is 2.98. The molecule has 0 saturated heterocycles. The maximum atomic E-state index is 13.5. The topological polar surface area (TPSA) is 67.2 Å². The number of nitrogens with one attached hydrogen (secondary N) is 1. The number of rotatable bonds is 4. The van der Waals surface area contributed by atoms with E-state index < -0.39 is 34.5 Å². The molecule has 1 atom stereocenters. The van der Waals surface area contributed by atoms with Gasteiger partial charge in [-0.05, 0) is 19.1 Å². The van der Waals surface area contributed by atoms with E-state index in [1.165, 1.54) is 17.8 Å². The molecule has 0 aliphatic carbocycles. The van der Waals surface area contributed by atoms with E-state index in [0.717, 1.165) is 6.07 Å². The number of aliphatic hydroxyl groups is 1. The van der Waals surface area contributed by atoms with Crippen LogP contribution in [0.1, 0.15) is 22.8 Å². The van der Waals surface area contributed by atoms with Gasteiger partial charge in [-0.3, -0.25) is 9.48 Å². The molecule has 1 amide bonds. The molecule has 2 N–H and O–H groups in total. The maximum absolute atomic E-state index is 13.5. The van der Waals surface area contributed by atoms with Gasteiger partial charge in [-0.1, -0.05) is 0 Å². The fourth-order valence-corrected chi connectivity index (χ4v) is 1.85. The number of halogens is 3.